The lowest BCUT2D eigenvalue weighted by Crippen LogP contribution is -2.10. The first-order valence-corrected chi connectivity index (χ1v) is 2.50. The fraction of sp³-hybridized carbons (Fsp3) is 0.600. The van der Waals surface area contributed by atoms with Gasteiger partial charge < -0.3 is 11.3 Å². The monoisotopic (exact) mass is 113 g/mol. The summed E-state index contributed by atoms with van der Waals surface area (Å²) in [6.07, 6.45) is 1.17. The zero-order chi connectivity index (χ0) is 6.57. The number of hydrogen-bond donors (Lipinski definition) is 2. The minimum Gasteiger partial charge on any atom is -0.323 e. The van der Waals surface area contributed by atoms with Gasteiger partial charge in [-0.25, -0.2) is 0 Å². The van der Waals surface area contributed by atoms with Crippen LogP contribution in [0.3, 0.4) is 0 Å². The third-order valence-electron chi connectivity index (χ3n) is 0.888. The van der Waals surface area contributed by atoms with Crippen LogP contribution in [0.15, 0.2) is 5.10 Å². The fourth-order valence-corrected chi connectivity index (χ4v) is 0.353. The van der Waals surface area contributed by atoms with Crippen LogP contribution in [0.1, 0.15) is 13.8 Å². The minimum absolute atomic E-state index is 0.262. The minimum atomic E-state index is 0.262. The highest BCUT2D eigenvalue weighted by Crippen LogP contribution is 1.91. The van der Waals surface area contributed by atoms with Gasteiger partial charge in [-0.05, 0) is 5.92 Å². The standard InChI is InChI=1S/C5H11N3/c1-4(2)5(3-6)8-7/h3-4,6H,7H2,1-2H3/b6-3?,8-5+. The van der Waals surface area contributed by atoms with Crippen LogP contribution < -0.4 is 5.84 Å². The number of rotatable bonds is 2. The number of nitrogens with zero attached hydrogens (tertiary/aromatic N) is 1. The molecule has 0 aliphatic heterocycles. The largest absolute Gasteiger partial charge is 0.323 e. The lowest BCUT2D eigenvalue weighted by atomic mass is 10.1. The Morgan fingerprint density at radius 2 is 2.25 bits per heavy atom. The Balaban J connectivity index is 3.91. The summed E-state index contributed by atoms with van der Waals surface area (Å²) in [4.78, 5) is 0. The van der Waals surface area contributed by atoms with Crippen molar-refractivity contribution in [1.82, 2.24) is 0 Å². The van der Waals surface area contributed by atoms with E-state index in [0.717, 1.165) is 0 Å². The number of nitrogens with two attached hydrogens (primary N) is 1. The molecule has 3 heteroatoms. The van der Waals surface area contributed by atoms with Crippen molar-refractivity contribution < 1.29 is 0 Å². The topological polar surface area (TPSA) is 62.2 Å². The van der Waals surface area contributed by atoms with Gasteiger partial charge in [-0.1, -0.05) is 13.8 Å². The third kappa shape index (κ3) is 1.73. The lowest BCUT2D eigenvalue weighted by molar-refractivity contribution is 0.887. The molecule has 46 valence electrons. The summed E-state index contributed by atoms with van der Waals surface area (Å²) < 4.78 is 0. The molecule has 0 unspecified atom stereocenters. The Labute approximate surface area is 49.1 Å². The fourth-order valence-electron chi connectivity index (χ4n) is 0.353. The van der Waals surface area contributed by atoms with Crippen LogP contribution in [-0.4, -0.2) is 11.9 Å². The van der Waals surface area contributed by atoms with E-state index in [-0.39, 0.29) is 5.92 Å². The molecule has 0 heterocycles. The number of hydrogen-bond acceptors (Lipinski definition) is 3. The molecule has 0 bridgehead atoms. The lowest BCUT2D eigenvalue weighted by Gasteiger charge is -1.98. The Hall–Kier alpha value is -0.860. The van der Waals surface area contributed by atoms with Gasteiger partial charge in [0, 0.05) is 6.21 Å². The highest BCUT2D eigenvalue weighted by molar-refractivity contribution is 6.30. The normalized spacial score (nSPS) is 12.1. The first-order valence-electron chi connectivity index (χ1n) is 2.50. The molecule has 0 fully saturated rings. The van der Waals surface area contributed by atoms with Crippen molar-refractivity contribution in [2.24, 2.45) is 16.9 Å². The van der Waals surface area contributed by atoms with Gasteiger partial charge in [0.05, 0.1) is 5.71 Å². The van der Waals surface area contributed by atoms with E-state index in [4.69, 9.17) is 11.3 Å². The van der Waals surface area contributed by atoms with Gasteiger partial charge in [-0.2, -0.15) is 5.10 Å². The second kappa shape index (κ2) is 3.18. The Morgan fingerprint density at radius 3 is 2.25 bits per heavy atom. The van der Waals surface area contributed by atoms with Crippen LogP contribution >= 0.6 is 0 Å². The van der Waals surface area contributed by atoms with Gasteiger partial charge in [-0.15, -0.1) is 0 Å². The number of nitrogens with one attached hydrogen (secondary N) is 1. The molecule has 3 nitrogen and oxygen atoms in total. The summed E-state index contributed by atoms with van der Waals surface area (Å²) in [5.41, 5.74) is 0.630. The molecule has 0 rings (SSSR count). The molecule has 0 spiro atoms. The predicted octanol–water partition coefficient (Wildman–Crippen LogP) is 0.607. The van der Waals surface area contributed by atoms with Crippen molar-refractivity contribution in [3.05, 3.63) is 0 Å². The van der Waals surface area contributed by atoms with Crippen molar-refractivity contribution in [2.45, 2.75) is 13.8 Å². The van der Waals surface area contributed by atoms with Gasteiger partial charge in [0.1, 0.15) is 0 Å². The van der Waals surface area contributed by atoms with E-state index < -0.39 is 0 Å². The summed E-state index contributed by atoms with van der Waals surface area (Å²) in [5.74, 6) is 5.18. The molecule has 0 aliphatic carbocycles. The highest BCUT2D eigenvalue weighted by atomic mass is 15.1. The maximum atomic E-state index is 6.75. The molecule has 0 saturated carbocycles. The maximum Gasteiger partial charge on any atom is 0.0800 e. The smallest absolute Gasteiger partial charge is 0.0800 e. The summed E-state index contributed by atoms with van der Waals surface area (Å²) in [7, 11) is 0. The van der Waals surface area contributed by atoms with Crippen molar-refractivity contribution in [1.29, 1.82) is 5.41 Å². The van der Waals surface area contributed by atoms with Crippen LogP contribution in [0.5, 0.6) is 0 Å². The molecule has 0 aromatic carbocycles. The molecule has 3 N–H and O–H groups in total. The molecule has 0 aliphatic rings. The van der Waals surface area contributed by atoms with Crippen molar-refractivity contribution in [2.75, 3.05) is 0 Å². The average molecular weight is 113 g/mol. The van der Waals surface area contributed by atoms with Crippen molar-refractivity contribution >= 4 is 11.9 Å². The Morgan fingerprint density at radius 1 is 1.75 bits per heavy atom. The number of hydrazone groups is 1. The second-order valence-electron chi connectivity index (χ2n) is 1.85. The first kappa shape index (κ1) is 7.14. The maximum absolute atomic E-state index is 6.75. The van der Waals surface area contributed by atoms with Crippen LogP contribution in [0.2, 0.25) is 0 Å². The molecule has 0 aromatic rings. The van der Waals surface area contributed by atoms with E-state index in [1.54, 1.807) is 0 Å². The highest BCUT2D eigenvalue weighted by Gasteiger charge is 1.97. The van der Waals surface area contributed by atoms with Gasteiger partial charge >= 0.3 is 0 Å². The zero-order valence-corrected chi connectivity index (χ0v) is 5.18. The second-order valence-corrected chi connectivity index (χ2v) is 1.85. The van der Waals surface area contributed by atoms with E-state index >= 15 is 0 Å². The first-order chi connectivity index (χ1) is 3.72. The molecule has 8 heavy (non-hydrogen) atoms. The van der Waals surface area contributed by atoms with Crippen LogP contribution in [0.4, 0.5) is 0 Å². The van der Waals surface area contributed by atoms with E-state index in [0.29, 0.717) is 5.71 Å². The van der Waals surface area contributed by atoms with E-state index in [2.05, 4.69) is 5.10 Å². The van der Waals surface area contributed by atoms with Crippen molar-refractivity contribution in [3.63, 3.8) is 0 Å². The van der Waals surface area contributed by atoms with Gasteiger partial charge in [0.15, 0.2) is 0 Å². The van der Waals surface area contributed by atoms with Crippen LogP contribution in [0.25, 0.3) is 0 Å². The van der Waals surface area contributed by atoms with E-state index in [1.807, 2.05) is 13.8 Å². The summed E-state index contributed by atoms with van der Waals surface area (Å²) in [6, 6.07) is 0. The molecular formula is C5H11N3. The summed E-state index contributed by atoms with van der Waals surface area (Å²) in [5, 5.41) is 10.1. The van der Waals surface area contributed by atoms with Gasteiger partial charge in [-0.3, -0.25) is 0 Å². The average Bonchev–Trinajstić information content (AvgIpc) is 1.69. The van der Waals surface area contributed by atoms with E-state index in [9.17, 15) is 0 Å². The summed E-state index contributed by atoms with van der Waals surface area (Å²) in [6.45, 7) is 3.88. The van der Waals surface area contributed by atoms with Gasteiger partial charge in [0.2, 0.25) is 0 Å². The van der Waals surface area contributed by atoms with E-state index in [1.165, 1.54) is 6.21 Å². The van der Waals surface area contributed by atoms with Crippen LogP contribution in [0, 0.1) is 11.3 Å². The quantitative estimate of drug-likeness (QED) is 0.307. The van der Waals surface area contributed by atoms with Gasteiger partial charge in [0.25, 0.3) is 0 Å². The molecule has 0 atom stereocenters. The molecular weight excluding hydrogens is 102 g/mol. The Bertz CT molecular complexity index is 104. The zero-order valence-electron chi connectivity index (χ0n) is 5.18. The molecule has 0 amide bonds. The third-order valence-corrected chi connectivity index (χ3v) is 0.888. The SMILES string of the molecule is CC(C)/C(C=N)=N/N. The molecule has 0 radical (unpaired) electrons. The van der Waals surface area contributed by atoms with Crippen molar-refractivity contribution in [3.8, 4) is 0 Å². The van der Waals surface area contributed by atoms with Crippen LogP contribution in [-0.2, 0) is 0 Å². The predicted molar refractivity (Wildman–Crippen MR) is 35.2 cm³/mol. The summed E-state index contributed by atoms with van der Waals surface area (Å²) >= 11 is 0. The molecule has 0 aromatic heterocycles. The Kier molecular flexibility index (Phi) is 2.84. The molecule has 0 saturated heterocycles.